The second-order valence-corrected chi connectivity index (χ2v) is 9.62. The predicted octanol–water partition coefficient (Wildman–Crippen LogP) is 4.98. The molecule has 35 heavy (non-hydrogen) atoms. The number of benzene rings is 1. The van der Waals surface area contributed by atoms with Crippen LogP contribution in [0.3, 0.4) is 0 Å². The number of aryl methyl sites for hydroxylation is 1. The highest BCUT2D eigenvalue weighted by molar-refractivity contribution is 7.18. The molecule has 13 heteroatoms. The van der Waals surface area contributed by atoms with E-state index >= 15 is 0 Å². The smallest absolute Gasteiger partial charge is 0.417 e. The first kappa shape index (κ1) is 25.3. The molecule has 0 amide bonds. The Balaban J connectivity index is 1.66. The lowest BCUT2D eigenvalue weighted by Gasteiger charge is -2.22. The van der Waals surface area contributed by atoms with Crippen LogP contribution in [0.4, 0.5) is 17.6 Å². The summed E-state index contributed by atoms with van der Waals surface area (Å²) in [5.74, 6) is -0.851. The molecule has 0 saturated carbocycles. The van der Waals surface area contributed by atoms with Gasteiger partial charge in [0.05, 0.1) is 22.7 Å². The van der Waals surface area contributed by atoms with Crippen molar-refractivity contribution in [1.82, 2.24) is 19.6 Å². The van der Waals surface area contributed by atoms with Crippen LogP contribution in [-0.4, -0.2) is 43.4 Å². The first-order chi connectivity index (χ1) is 16.4. The number of aromatic nitrogens is 4. The maximum absolute atomic E-state index is 14.6. The number of ether oxygens (including phenoxy) is 1. The molecule has 7 nitrogen and oxygen atoms in total. The van der Waals surface area contributed by atoms with Gasteiger partial charge in [0.25, 0.3) is 0 Å². The predicted molar refractivity (Wildman–Crippen MR) is 124 cm³/mol. The van der Waals surface area contributed by atoms with E-state index in [1.807, 2.05) is 0 Å². The van der Waals surface area contributed by atoms with Crippen LogP contribution in [0.2, 0.25) is 5.02 Å². The summed E-state index contributed by atoms with van der Waals surface area (Å²) in [5, 5.41) is 18.1. The Morgan fingerprint density at radius 3 is 2.54 bits per heavy atom. The van der Waals surface area contributed by atoms with Crippen molar-refractivity contribution in [2.75, 3.05) is 13.2 Å². The van der Waals surface area contributed by atoms with Crippen LogP contribution in [0.1, 0.15) is 25.0 Å². The molecule has 3 aromatic heterocycles. The fourth-order valence-corrected chi connectivity index (χ4v) is 4.34. The van der Waals surface area contributed by atoms with Gasteiger partial charge in [-0.25, -0.2) is 9.37 Å². The Labute approximate surface area is 206 Å². The summed E-state index contributed by atoms with van der Waals surface area (Å²) < 4.78 is 61.1. The van der Waals surface area contributed by atoms with Crippen LogP contribution < -0.4 is 10.5 Å². The molecule has 1 unspecified atom stereocenters. The van der Waals surface area contributed by atoms with Crippen molar-refractivity contribution < 1.29 is 27.4 Å². The molecule has 0 saturated heterocycles. The maximum Gasteiger partial charge on any atom is 0.417 e. The number of nitrogens with two attached hydrogens (primary N) is 1. The quantitative estimate of drug-likeness (QED) is 0.328. The molecule has 1 atom stereocenters. The van der Waals surface area contributed by atoms with Gasteiger partial charge in [-0.2, -0.15) is 13.2 Å². The largest absolute Gasteiger partial charge is 0.488 e. The third kappa shape index (κ3) is 5.25. The molecular weight excluding hydrogens is 510 g/mol. The van der Waals surface area contributed by atoms with Gasteiger partial charge in [0.1, 0.15) is 23.0 Å². The van der Waals surface area contributed by atoms with Gasteiger partial charge in [-0.3, -0.25) is 0 Å². The molecule has 4 rings (SSSR count). The third-order valence-electron chi connectivity index (χ3n) is 5.15. The van der Waals surface area contributed by atoms with Crippen molar-refractivity contribution in [3.8, 4) is 27.0 Å². The number of aliphatic hydroxyl groups excluding tert-OH is 1. The van der Waals surface area contributed by atoms with Gasteiger partial charge >= 0.3 is 6.18 Å². The van der Waals surface area contributed by atoms with E-state index in [4.69, 9.17) is 22.1 Å². The SMILES string of the molecule is CCc1cc(C(F)(F)F)cn2cc(-c3nnc(-c4cc(F)c(OCC(C)(N)CO)cc4Cl)s3)nc12. The van der Waals surface area contributed by atoms with E-state index in [0.29, 0.717) is 33.3 Å². The number of hydrogen-bond acceptors (Lipinski definition) is 7. The fraction of sp³-hybridized carbons (Fsp3) is 0.318. The lowest BCUT2D eigenvalue weighted by atomic mass is 10.1. The Hall–Kier alpha value is -2.80. The summed E-state index contributed by atoms with van der Waals surface area (Å²) in [6.45, 7) is 2.81. The van der Waals surface area contributed by atoms with Crippen LogP contribution in [0.15, 0.2) is 30.6 Å². The zero-order valence-corrected chi connectivity index (χ0v) is 20.1. The van der Waals surface area contributed by atoms with E-state index < -0.39 is 23.1 Å². The van der Waals surface area contributed by atoms with Gasteiger partial charge in [-0.05, 0) is 31.0 Å². The van der Waals surface area contributed by atoms with Crippen LogP contribution in [0, 0.1) is 5.82 Å². The number of imidazole rings is 1. The number of pyridine rings is 1. The van der Waals surface area contributed by atoms with E-state index in [9.17, 15) is 22.7 Å². The number of hydrogen-bond donors (Lipinski definition) is 2. The third-order valence-corrected chi connectivity index (χ3v) is 6.44. The van der Waals surface area contributed by atoms with Crippen LogP contribution >= 0.6 is 22.9 Å². The molecule has 0 bridgehead atoms. The number of halogens is 5. The molecule has 186 valence electrons. The number of rotatable bonds is 7. The molecule has 0 aliphatic rings. The van der Waals surface area contributed by atoms with Gasteiger partial charge in [0.15, 0.2) is 16.6 Å². The highest BCUT2D eigenvalue weighted by atomic mass is 35.5. The summed E-state index contributed by atoms with van der Waals surface area (Å²) in [7, 11) is 0. The van der Waals surface area contributed by atoms with Gasteiger partial charge in [-0.15, -0.1) is 10.2 Å². The topological polar surface area (TPSA) is 98.6 Å². The molecule has 3 heterocycles. The number of fused-ring (bicyclic) bond motifs is 1. The van der Waals surface area contributed by atoms with Crippen molar-refractivity contribution in [2.45, 2.75) is 32.0 Å². The van der Waals surface area contributed by atoms with E-state index in [1.165, 1.54) is 16.7 Å². The average Bonchev–Trinajstić information content (AvgIpc) is 3.45. The summed E-state index contributed by atoms with van der Waals surface area (Å²) in [6, 6.07) is 3.50. The van der Waals surface area contributed by atoms with Crippen LogP contribution in [0.25, 0.3) is 26.9 Å². The zero-order chi connectivity index (χ0) is 25.5. The Bertz CT molecular complexity index is 1390. The van der Waals surface area contributed by atoms with Crippen molar-refractivity contribution in [3.05, 3.63) is 52.6 Å². The Morgan fingerprint density at radius 1 is 1.17 bits per heavy atom. The fourth-order valence-electron chi connectivity index (χ4n) is 3.21. The zero-order valence-electron chi connectivity index (χ0n) is 18.5. The molecule has 0 fully saturated rings. The highest BCUT2D eigenvalue weighted by Crippen LogP contribution is 2.38. The molecule has 1 aromatic carbocycles. The first-order valence-electron chi connectivity index (χ1n) is 10.4. The summed E-state index contributed by atoms with van der Waals surface area (Å²) in [5.41, 5.74) is 5.37. The molecule has 4 aromatic rings. The van der Waals surface area contributed by atoms with E-state index in [1.54, 1.807) is 13.8 Å². The molecule has 0 radical (unpaired) electrons. The van der Waals surface area contributed by atoms with Gasteiger partial charge in [0, 0.05) is 24.0 Å². The first-order valence-corrected chi connectivity index (χ1v) is 11.6. The van der Waals surface area contributed by atoms with Gasteiger partial charge < -0.3 is 20.0 Å². The molecule has 3 N–H and O–H groups in total. The Morgan fingerprint density at radius 2 is 1.89 bits per heavy atom. The normalized spacial score (nSPS) is 13.9. The monoisotopic (exact) mass is 529 g/mol. The van der Waals surface area contributed by atoms with E-state index in [0.717, 1.165) is 29.7 Å². The molecular formula is C22H20ClF4N5O2S. The maximum atomic E-state index is 14.6. The average molecular weight is 530 g/mol. The van der Waals surface area contributed by atoms with Crippen molar-refractivity contribution in [1.29, 1.82) is 0 Å². The minimum atomic E-state index is -4.49. The number of alkyl halides is 3. The van der Waals surface area contributed by atoms with Crippen molar-refractivity contribution >= 4 is 28.6 Å². The number of nitrogens with zero attached hydrogens (tertiary/aromatic N) is 4. The van der Waals surface area contributed by atoms with E-state index in [2.05, 4.69) is 15.2 Å². The van der Waals surface area contributed by atoms with Crippen molar-refractivity contribution in [3.63, 3.8) is 0 Å². The summed E-state index contributed by atoms with van der Waals surface area (Å²) in [4.78, 5) is 4.44. The summed E-state index contributed by atoms with van der Waals surface area (Å²) >= 11 is 7.39. The minimum Gasteiger partial charge on any atom is -0.488 e. The molecule has 0 spiro atoms. The lowest BCUT2D eigenvalue weighted by Crippen LogP contribution is -2.46. The molecule has 0 aliphatic heterocycles. The lowest BCUT2D eigenvalue weighted by molar-refractivity contribution is -0.137. The number of aliphatic hydroxyl groups is 1. The second-order valence-electron chi connectivity index (χ2n) is 8.24. The van der Waals surface area contributed by atoms with Crippen LogP contribution in [0.5, 0.6) is 5.75 Å². The van der Waals surface area contributed by atoms with Gasteiger partial charge in [0.2, 0.25) is 0 Å². The Kier molecular flexibility index (Phi) is 6.75. The van der Waals surface area contributed by atoms with E-state index in [-0.39, 0.29) is 29.5 Å². The van der Waals surface area contributed by atoms with Gasteiger partial charge in [-0.1, -0.05) is 29.9 Å². The summed E-state index contributed by atoms with van der Waals surface area (Å²) in [6.07, 6.45) is -1.72. The second kappa shape index (κ2) is 9.34. The standard InChI is InChI=1S/C22H20ClF4N5O2S/c1-3-11-4-12(22(25,26)27)7-32-8-16(29-18(11)32)20-31-30-19(35-20)13-5-15(24)17(6-14(13)23)34-10-21(2,28)9-33/h4-8,33H,3,9-10,28H2,1-2H3. The highest BCUT2D eigenvalue weighted by Gasteiger charge is 2.32. The molecule has 0 aliphatic carbocycles. The minimum absolute atomic E-state index is 0.136. The van der Waals surface area contributed by atoms with Crippen molar-refractivity contribution in [2.24, 2.45) is 5.73 Å². The van der Waals surface area contributed by atoms with Crippen LogP contribution in [-0.2, 0) is 12.6 Å².